The average molecular weight is 350 g/mol. The summed E-state index contributed by atoms with van der Waals surface area (Å²) >= 11 is 0. The third-order valence-corrected chi connectivity index (χ3v) is 4.76. The van der Waals surface area contributed by atoms with Gasteiger partial charge in [0.1, 0.15) is 6.54 Å². The molecule has 1 aliphatic carbocycles. The molecule has 3 N–H and O–H groups in total. The number of amides is 1. The van der Waals surface area contributed by atoms with E-state index in [1.54, 1.807) is 12.3 Å². The molecule has 0 spiro atoms. The van der Waals surface area contributed by atoms with E-state index in [2.05, 4.69) is 5.32 Å². The second kappa shape index (κ2) is 8.31. The van der Waals surface area contributed by atoms with Crippen molar-refractivity contribution in [2.45, 2.75) is 38.3 Å². The summed E-state index contributed by atoms with van der Waals surface area (Å²) in [6.45, 7) is 0.834. The molecule has 1 heterocycles. The Morgan fingerprint density at radius 2 is 1.96 bits per heavy atom. The van der Waals surface area contributed by atoms with E-state index in [0.29, 0.717) is 17.8 Å². The first-order valence-electron chi connectivity index (χ1n) is 8.26. The van der Waals surface area contributed by atoms with Gasteiger partial charge in [-0.25, -0.2) is 0 Å². The third-order valence-electron chi connectivity index (χ3n) is 4.76. The Hall–Kier alpha value is -1.85. The summed E-state index contributed by atoms with van der Waals surface area (Å²) in [4.78, 5) is 24.3. The van der Waals surface area contributed by atoms with Crippen molar-refractivity contribution in [3.8, 4) is 0 Å². The number of pyridine rings is 1. The molecule has 1 aromatic carbocycles. The van der Waals surface area contributed by atoms with Crippen LogP contribution < -0.4 is 16.5 Å². The summed E-state index contributed by atoms with van der Waals surface area (Å²) in [5, 5.41) is 3.77. The smallest absolute Gasteiger partial charge is 0.240 e. The quantitative estimate of drug-likeness (QED) is 0.887. The van der Waals surface area contributed by atoms with E-state index in [1.807, 2.05) is 22.8 Å². The van der Waals surface area contributed by atoms with Crippen molar-refractivity contribution in [3.05, 3.63) is 46.8 Å². The number of para-hydroxylation sites is 1. The van der Waals surface area contributed by atoms with E-state index in [4.69, 9.17) is 5.73 Å². The highest BCUT2D eigenvalue weighted by molar-refractivity contribution is 5.85. The highest BCUT2D eigenvalue weighted by atomic mass is 35.5. The lowest BCUT2D eigenvalue weighted by atomic mass is 9.84. The normalized spacial score (nSPS) is 20.4. The second-order valence-corrected chi connectivity index (χ2v) is 6.28. The van der Waals surface area contributed by atoms with Crippen LogP contribution in [0.3, 0.4) is 0 Å². The van der Waals surface area contributed by atoms with Crippen LogP contribution in [0.5, 0.6) is 0 Å². The Balaban J connectivity index is 0.00000208. The Kier molecular flexibility index (Phi) is 6.40. The summed E-state index contributed by atoms with van der Waals surface area (Å²) < 4.78 is 1.83. The van der Waals surface area contributed by atoms with Crippen molar-refractivity contribution in [2.24, 2.45) is 11.7 Å². The number of nitrogens with zero attached hydrogens (tertiary/aromatic N) is 1. The summed E-state index contributed by atoms with van der Waals surface area (Å²) in [5.74, 6) is 0.350. The molecule has 1 saturated carbocycles. The lowest BCUT2D eigenvalue weighted by Crippen LogP contribution is -2.45. The number of fused-ring (bicyclic) bond motifs is 1. The maximum atomic E-state index is 12.4. The first-order chi connectivity index (χ1) is 11.2. The minimum atomic E-state index is -0.0239. The van der Waals surface area contributed by atoms with Crippen LogP contribution in [0.2, 0.25) is 0 Å². The molecule has 1 amide bonds. The molecule has 1 aliphatic rings. The molecule has 2 aromatic rings. The minimum Gasteiger partial charge on any atom is -0.351 e. The highest BCUT2D eigenvalue weighted by Crippen LogP contribution is 2.23. The molecule has 3 rings (SSSR count). The maximum Gasteiger partial charge on any atom is 0.240 e. The number of benzene rings is 1. The third kappa shape index (κ3) is 3.97. The first kappa shape index (κ1) is 18.5. The van der Waals surface area contributed by atoms with Gasteiger partial charge >= 0.3 is 0 Å². The molecule has 0 saturated heterocycles. The van der Waals surface area contributed by atoms with Crippen LogP contribution in [0.1, 0.15) is 25.7 Å². The van der Waals surface area contributed by atoms with Gasteiger partial charge in [-0.3, -0.25) is 9.59 Å². The Bertz CT molecular complexity index is 759. The van der Waals surface area contributed by atoms with Crippen LogP contribution in [0, 0.1) is 5.92 Å². The predicted molar refractivity (Wildman–Crippen MR) is 98.4 cm³/mol. The lowest BCUT2D eigenvalue weighted by molar-refractivity contribution is -0.122. The SMILES string of the molecule is Cl.NCC1CCCCC1NC(=O)Cn1ccc(=O)c2ccccc21. The molecular weight excluding hydrogens is 326 g/mol. The standard InChI is InChI=1S/C18H23N3O2.ClH/c19-11-13-5-1-3-7-15(13)20-18(23)12-21-10-9-17(22)14-6-2-4-8-16(14)21;/h2,4,6,8-10,13,15H,1,3,5,7,11-12,19H2,(H,20,23);1H. The van der Waals surface area contributed by atoms with Crippen LogP contribution >= 0.6 is 12.4 Å². The van der Waals surface area contributed by atoms with Gasteiger partial charge in [0, 0.05) is 23.7 Å². The topological polar surface area (TPSA) is 77.1 Å². The van der Waals surface area contributed by atoms with Crippen LogP contribution in [0.25, 0.3) is 10.9 Å². The number of hydrogen-bond acceptors (Lipinski definition) is 3. The maximum absolute atomic E-state index is 12.4. The fourth-order valence-electron chi connectivity index (χ4n) is 3.49. The summed E-state index contributed by atoms with van der Waals surface area (Å²) in [7, 11) is 0. The average Bonchev–Trinajstić information content (AvgIpc) is 2.58. The van der Waals surface area contributed by atoms with Gasteiger partial charge in [0.05, 0.1) is 5.52 Å². The van der Waals surface area contributed by atoms with Crippen LogP contribution in [-0.4, -0.2) is 23.1 Å². The molecule has 2 atom stereocenters. The van der Waals surface area contributed by atoms with Crippen molar-refractivity contribution >= 4 is 29.2 Å². The van der Waals surface area contributed by atoms with Crippen molar-refractivity contribution in [1.29, 1.82) is 0 Å². The number of aromatic nitrogens is 1. The number of carbonyl (C=O) groups excluding carboxylic acids is 1. The Morgan fingerprint density at radius 1 is 1.21 bits per heavy atom. The number of rotatable bonds is 4. The molecule has 0 radical (unpaired) electrons. The minimum absolute atomic E-state index is 0. The van der Waals surface area contributed by atoms with E-state index >= 15 is 0 Å². The first-order valence-corrected chi connectivity index (χ1v) is 8.26. The van der Waals surface area contributed by atoms with Crippen molar-refractivity contribution in [1.82, 2.24) is 9.88 Å². The predicted octanol–water partition coefficient (Wildman–Crippen LogP) is 2.06. The molecule has 6 heteroatoms. The van der Waals surface area contributed by atoms with E-state index in [9.17, 15) is 9.59 Å². The van der Waals surface area contributed by atoms with Crippen molar-refractivity contribution in [2.75, 3.05) is 6.54 Å². The van der Waals surface area contributed by atoms with E-state index in [0.717, 1.165) is 24.8 Å². The zero-order valence-corrected chi connectivity index (χ0v) is 14.4. The number of halogens is 1. The van der Waals surface area contributed by atoms with Gasteiger partial charge in [0.25, 0.3) is 0 Å². The van der Waals surface area contributed by atoms with Gasteiger partial charge in [0.15, 0.2) is 5.43 Å². The molecule has 0 aliphatic heterocycles. The van der Waals surface area contributed by atoms with Crippen LogP contribution in [0.4, 0.5) is 0 Å². The highest BCUT2D eigenvalue weighted by Gasteiger charge is 2.25. The van der Waals surface area contributed by atoms with Crippen LogP contribution in [-0.2, 0) is 11.3 Å². The summed E-state index contributed by atoms with van der Waals surface area (Å²) in [5.41, 5.74) is 6.59. The van der Waals surface area contributed by atoms with Crippen molar-refractivity contribution in [3.63, 3.8) is 0 Å². The van der Waals surface area contributed by atoms with Gasteiger partial charge in [-0.2, -0.15) is 0 Å². The molecule has 130 valence electrons. The number of nitrogens with one attached hydrogen (secondary N) is 1. The summed E-state index contributed by atoms with van der Waals surface area (Å²) in [6.07, 6.45) is 6.10. The Labute approximate surface area is 147 Å². The lowest BCUT2D eigenvalue weighted by Gasteiger charge is -2.31. The Morgan fingerprint density at radius 3 is 2.75 bits per heavy atom. The zero-order chi connectivity index (χ0) is 16.2. The zero-order valence-electron chi connectivity index (χ0n) is 13.6. The summed E-state index contributed by atoms with van der Waals surface area (Å²) in [6, 6.07) is 9.06. The number of hydrogen-bond donors (Lipinski definition) is 2. The molecule has 1 fully saturated rings. The molecular formula is C18H24ClN3O2. The largest absolute Gasteiger partial charge is 0.351 e. The van der Waals surface area contributed by atoms with Crippen molar-refractivity contribution < 1.29 is 4.79 Å². The van der Waals surface area contributed by atoms with Gasteiger partial charge in [-0.05, 0) is 37.4 Å². The van der Waals surface area contributed by atoms with E-state index in [1.165, 1.54) is 12.5 Å². The molecule has 2 unspecified atom stereocenters. The van der Waals surface area contributed by atoms with E-state index < -0.39 is 0 Å². The fraction of sp³-hybridized carbons (Fsp3) is 0.444. The number of carbonyl (C=O) groups is 1. The monoisotopic (exact) mass is 349 g/mol. The fourth-order valence-corrected chi connectivity index (χ4v) is 3.49. The van der Waals surface area contributed by atoms with Gasteiger partial charge in [-0.15, -0.1) is 12.4 Å². The van der Waals surface area contributed by atoms with Gasteiger partial charge in [-0.1, -0.05) is 25.0 Å². The molecule has 1 aromatic heterocycles. The van der Waals surface area contributed by atoms with Crippen LogP contribution in [0.15, 0.2) is 41.3 Å². The van der Waals surface area contributed by atoms with Gasteiger partial charge < -0.3 is 15.6 Å². The van der Waals surface area contributed by atoms with E-state index in [-0.39, 0.29) is 36.3 Å². The molecule has 5 nitrogen and oxygen atoms in total. The second-order valence-electron chi connectivity index (χ2n) is 6.28. The molecule has 0 bridgehead atoms. The molecule has 24 heavy (non-hydrogen) atoms. The van der Waals surface area contributed by atoms with Gasteiger partial charge in [0.2, 0.25) is 5.91 Å². The number of nitrogens with two attached hydrogens (primary N) is 1.